The molecule has 2 rings (SSSR count). The summed E-state index contributed by atoms with van der Waals surface area (Å²) in [5.41, 5.74) is 1.59. The van der Waals surface area contributed by atoms with Crippen LogP contribution in [0.3, 0.4) is 0 Å². The van der Waals surface area contributed by atoms with Gasteiger partial charge in [0.1, 0.15) is 17.1 Å². The molecule has 0 saturated heterocycles. The van der Waals surface area contributed by atoms with Gasteiger partial charge in [-0.3, -0.25) is 4.79 Å². The van der Waals surface area contributed by atoms with Crippen molar-refractivity contribution in [3.05, 3.63) is 52.7 Å². The maximum Gasteiger partial charge on any atom is 0.259 e. The summed E-state index contributed by atoms with van der Waals surface area (Å²) < 4.78 is 18.7. The van der Waals surface area contributed by atoms with Crippen molar-refractivity contribution in [3.63, 3.8) is 0 Å². The standard InChI is InChI=1S/C15H17FN2O2/c1-4-13-14(10(2)20-17-13)15(19)18(3)9-11-7-5-6-8-12(11)16/h5-8H,4,9H2,1-3H3. The van der Waals surface area contributed by atoms with E-state index in [1.54, 1.807) is 32.2 Å². The summed E-state index contributed by atoms with van der Waals surface area (Å²) in [6, 6.07) is 6.43. The van der Waals surface area contributed by atoms with Gasteiger partial charge in [-0.05, 0) is 19.4 Å². The monoisotopic (exact) mass is 276 g/mol. The third kappa shape index (κ3) is 2.71. The van der Waals surface area contributed by atoms with Gasteiger partial charge >= 0.3 is 0 Å². The number of amides is 1. The molecule has 0 aliphatic heterocycles. The molecule has 0 atom stereocenters. The van der Waals surface area contributed by atoms with Crippen LogP contribution in [0.1, 0.15) is 34.3 Å². The third-order valence-corrected chi connectivity index (χ3v) is 3.19. The fraction of sp³-hybridized carbons (Fsp3) is 0.333. The number of benzene rings is 1. The van der Waals surface area contributed by atoms with Crippen LogP contribution in [0.5, 0.6) is 0 Å². The van der Waals surface area contributed by atoms with Crippen molar-refractivity contribution >= 4 is 5.91 Å². The highest BCUT2D eigenvalue weighted by Gasteiger charge is 2.22. The smallest absolute Gasteiger partial charge is 0.259 e. The minimum Gasteiger partial charge on any atom is -0.361 e. The minimum absolute atomic E-state index is 0.205. The lowest BCUT2D eigenvalue weighted by Crippen LogP contribution is -2.27. The van der Waals surface area contributed by atoms with E-state index in [-0.39, 0.29) is 18.3 Å². The van der Waals surface area contributed by atoms with Crippen molar-refractivity contribution in [2.24, 2.45) is 0 Å². The number of hydrogen-bond acceptors (Lipinski definition) is 3. The molecule has 20 heavy (non-hydrogen) atoms. The highest BCUT2D eigenvalue weighted by atomic mass is 19.1. The zero-order valence-corrected chi connectivity index (χ0v) is 11.8. The van der Waals surface area contributed by atoms with E-state index in [4.69, 9.17) is 4.52 Å². The van der Waals surface area contributed by atoms with E-state index >= 15 is 0 Å². The van der Waals surface area contributed by atoms with Gasteiger partial charge in [0, 0.05) is 19.2 Å². The van der Waals surface area contributed by atoms with Crippen LogP contribution in [0, 0.1) is 12.7 Å². The lowest BCUT2D eigenvalue weighted by molar-refractivity contribution is 0.0781. The molecule has 0 unspecified atom stereocenters. The third-order valence-electron chi connectivity index (χ3n) is 3.19. The molecule has 4 nitrogen and oxygen atoms in total. The molecule has 0 bridgehead atoms. The molecule has 0 fully saturated rings. The van der Waals surface area contributed by atoms with E-state index in [1.165, 1.54) is 11.0 Å². The van der Waals surface area contributed by atoms with Gasteiger partial charge in [-0.2, -0.15) is 0 Å². The molecule has 106 valence electrons. The molecule has 1 aromatic carbocycles. The van der Waals surface area contributed by atoms with Gasteiger partial charge in [0.25, 0.3) is 5.91 Å². The summed E-state index contributed by atoms with van der Waals surface area (Å²) in [4.78, 5) is 13.9. The number of aromatic nitrogens is 1. The lowest BCUT2D eigenvalue weighted by atomic mass is 10.1. The van der Waals surface area contributed by atoms with Crippen molar-refractivity contribution in [2.75, 3.05) is 7.05 Å². The zero-order valence-electron chi connectivity index (χ0n) is 11.8. The largest absolute Gasteiger partial charge is 0.361 e. The lowest BCUT2D eigenvalue weighted by Gasteiger charge is -2.17. The molecule has 1 amide bonds. The summed E-state index contributed by atoms with van der Waals surface area (Å²) in [5, 5.41) is 3.87. The Labute approximate surface area is 117 Å². The number of carbonyl (C=O) groups is 1. The normalized spacial score (nSPS) is 10.6. The highest BCUT2D eigenvalue weighted by molar-refractivity contribution is 5.96. The Kier molecular flexibility index (Phi) is 4.17. The fourth-order valence-electron chi connectivity index (χ4n) is 2.08. The molecule has 0 spiro atoms. The Morgan fingerprint density at radius 1 is 1.40 bits per heavy atom. The van der Waals surface area contributed by atoms with Crippen molar-refractivity contribution < 1.29 is 13.7 Å². The SMILES string of the molecule is CCc1noc(C)c1C(=O)N(C)Cc1ccccc1F. The van der Waals surface area contributed by atoms with E-state index < -0.39 is 0 Å². The molecule has 0 aliphatic rings. The Bertz CT molecular complexity index is 622. The van der Waals surface area contributed by atoms with Crippen LogP contribution in [0.2, 0.25) is 0 Å². The first-order chi connectivity index (χ1) is 9.54. The molecular weight excluding hydrogens is 259 g/mol. The number of halogens is 1. The van der Waals surface area contributed by atoms with Crippen molar-refractivity contribution in [1.82, 2.24) is 10.1 Å². The Hall–Kier alpha value is -2.17. The fourth-order valence-corrected chi connectivity index (χ4v) is 2.08. The quantitative estimate of drug-likeness (QED) is 0.862. The van der Waals surface area contributed by atoms with Crippen LogP contribution in [0.4, 0.5) is 4.39 Å². The maximum atomic E-state index is 13.6. The molecule has 1 aromatic heterocycles. The summed E-state index contributed by atoms with van der Waals surface area (Å²) in [5.74, 6) is -0.0269. The summed E-state index contributed by atoms with van der Waals surface area (Å²) in [6.45, 7) is 3.82. The second-order valence-corrected chi connectivity index (χ2v) is 4.67. The summed E-state index contributed by atoms with van der Waals surface area (Å²) in [7, 11) is 1.64. The van der Waals surface area contributed by atoms with Crippen molar-refractivity contribution in [3.8, 4) is 0 Å². The van der Waals surface area contributed by atoms with Crippen LogP contribution in [-0.2, 0) is 13.0 Å². The van der Waals surface area contributed by atoms with Crippen LogP contribution >= 0.6 is 0 Å². The molecule has 0 radical (unpaired) electrons. The number of hydrogen-bond donors (Lipinski definition) is 0. The Morgan fingerprint density at radius 3 is 2.75 bits per heavy atom. The van der Waals surface area contributed by atoms with E-state index in [0.29, 0.717) is 29.0 Å². The molecule has 0 aliphatic carbocycles. The van der Waals surface area contributed by atoms with Gasteiger partial charge in [-0.15, -0.1) is 0 Å². The van der Waals surface area contributed by atoms with Crippen molar-refractivity contribution in [2.45, 2.75) is 26.8 Å². The highest BCUT2D eigenvalue weighted by Crippen LogP contribution is 2.18. The number of carbonyl (C=O) groups excluding carboxylic acids is 1. The second-order valence-electron chi connectivity index (χ2n) is 4.67. The van der Waals surface area contributed by atoms with Crippen LogP contribution in [0.25, 0.3) is 0 Å². The van der Waals surface area contributed by atoms with Gasteiger partial charge in [-0.25, -0.2) is 4.39 Å². The summed E-state index contributed by atoms with van der Waals surface area (Å²) in [6.07, 6.45) is 0.617. The number of rotatable bonds is 4. The zero-order chi connectivity index (χ0) is 14.7. The summed E-state index contributed by atoms with van der Waals surface area (Å²) >= 11 is 0. The minimum atomic E-state index is -0.315. The first-order valence-electron chi connectivity index (χ1n) is 6.48. The topological polar surface area (TPSA) is 46.3 Å². The van der Waals surface area contributed by atoms with Crippen LogP contribution in [0.15, 0.2) is 28.8 Å². The average molecular weight is 276 g/mol. The van der Waals surface area contributed by atoms with Gasteiger partial charge in [0.2, 0.25) is 0 Å². The molecular formula is C15H17FN2O2. The van der Waals surface area contributed by atoms with E-state index in [9.17, 15) is 9.18 Å². The van der Waals surface area contributed by atoms with E-state index in [2.05, 4.69) is 5.16 Å². The second kappa shape index (κ2) is 5.86. The molecule has 2 aromatic rings. The van der Waals surface area contributed by atoms with E-state index in [0.717, 1.165) is 0 Å². The first-order valence-corrected chi connectivity index (χ1v) is 6.48. The predicted molar refractivity (Wildman–Crippen MR) is 72.8 cm³/mol. The van der Waals surface area contributed by atoms with Crippen LogP contribution < -0.4 is 0 Å². The first kappa shape index (κ1) is 14.2. The van der Waals surface area contributed by atoms with E-state index in [1.807, 2.05) is 6.92 Å². The van der Waals surface area contributed by atoms with Gasteiger partial charge in [-0.1, -0.05) is 30.3 Å². The number of nitrogens with zero attached hydrogens (tertiary/aromatic N) is 2. The predicted octanol–water partition coefficient (Wildman–Crippen LogP) is 2.96. The van der Waals surface area contributed by atoms with Gasteiger partial charge in [0.15, 0.2) is 0 Å². The van der Waals surface area contributed by atoms with Gasteiger partial charge in [0.05, 0.1) is 5.69 Å². The van der Waals surface area contributed by atoms with Crippen LogP contribution in [-0.4, -0.2) is 23.0 Å². The Morgan fingerprint density at radius 2 is 2.10 bits per heavy atom. The maximum absolute atomic E-state index is 13.6. The molecule has 0 saturated carbocycles. The van der Waals surface area contributed by atoms with Crippen molar-refractivity contribution in [1.29, 1.82) is 0 Å². The Balaban J connectivity index is 2.21. The number of aryl methyl sites for hydroxylation is 2. The molecule has 0 N–H and O–H groups in total. The molecule has 5 heteroatoms. The molecule has 1 heterocycles. The van der Waals surface area contributed by atoms with Gasteiger partial charge < -0.3 is 9.42 Å². The average Bonchev–Trinajstić information content (AvgIpc) is 2.81.